The van der Waals surface area contributed by atoms with Crippen LogP contribution in [0.4, 0.5) is 0 Å². The number of esters is 1. The van der Waals surface area contributed by atoms with Crippen LogP contribution in [-0.2, 0) is 9.53 Å². The summed E-state index contributed by atoms with van der Waals surface area (Å²) in [5.74, 6) is -0.0346. The van der Waals surface area contributed by atoms with Crippen molar-refractivity contribution in [1.82, 2.24) is 9.80 Å². The molecular weight excluding hydrogens is 216 g/mol. The lowest BCUT2D eigenvalue weighted by Gasteiger charge is -2.35. The number of hydrogen-bond acceptors (Lipinski definition) is 4. The third-order valence-electron chi connectivity index (χ3n) is 4.12. The van der Waals surface area contributed by atoms with Gasteiger partial charge in [-0.15, -0.1) is 0 Å². The molecule has 0 amide bonds. The second-order valence-corrected chi connectivity index (χ2v) is 5.69. The Bertz CT molecular complexity index is 267. The van der Waals surface area contributed by atoms with Gasteiger partial charge in [-0.05, 0) is 46.8 Å². The SMILES string of the molecule is CN(C)CCC(=O)OC1CC2CCC(C1)N2C. The molecule has 0 aromatic carbocycles. The van der Waals surface area contributed by atoms with Crippen molar-refractivity contribution in [2.45, 2.75) is 50.3 Å². The summed E-state index contributed by atoms with van der Waals surface area (Å²) in [6, 6.07) is 1.28. The van der Waals surface area contributed by atoms with Crippen molar-refractivity contribution in [2.75, 3.05) is 27.7 Å². The van der Waals surface area contributed by atoms with Crippen LogP contribution in [0.2, 0.25) is 0 Å². The Labute approximate surface area is 104 Å². The first-order valence-electron chi connectivity index (χ1n) is 6.62. The maximum Gasteiger partial charge on any atom is 0.307 e. The first kappa shape index (κ1) is 12.8. The van der Waals surface area contributed by atoms with Gasteiger partial charge in [-0.25, -0.2) is 0 Å². The van der Waals surface area contributed by atoms with Crippen molar-refractivity contribution in [3.8, 4) is 0 Å². The summed E-state index contributed by atoms with van der Waals surface area (Å²) in [5, 5.41) is 0. The molecule has 2 atom stereocenters. The van der Waals surface area contributed by atoms with Gasteiger partial charge in [0.05, 0.1) is 6.42 Å². The van der Waals surface area contributed by atoms with Crippen molar-refractivity contribution in [3.05, 3.63) is 0 Å². The smallest absolute Gasteiger partial charge is 0.307 e. The van der Waals surface area contributed by atoms with Crippen LogP contribution in [0, 0.1) is 0 Å². The van der Waals surface area contributed by atoms with E-state index >= 15 is 0 Å². The molecule has 2 heterocycles. The fourth-order valence-corrected chi connectivity index (χ4v) is 3.02. The maximum absolute atomic E-state index is 11.7. The van der Waals surface area contributed by atoms with Gasteiger partial charge in [-0.1, -0.05) is 0 Å². The van der Waals surface area contributed by atoms with E-state index in [4.69, 9.17) is 4.74 Å². The summed E-state index contributed by atoms with van der Waals surface area (Å²) in [6.07, 6.45) is 5.27. The quantitative estimate of drug-likeness (QED) is 0.689. The van der Waals surface area contributed by atoms with Gasteiger partial charge in [-0.3, -0.25) is 4.79 Å². The highest BCUT2D eigenvalue weighted by Crippen LogP contribution is 2.35. The zero-order chi connectivity index (χ0) is 12.4. The van der Waals surface area contributed by atoms with Gasteiger partial charge in [0, 0.05) is 18.6 Å². The van der Waals surface area contributed by atoms with Gasteiger partial charge in [0.25, 0.3) is 0 Å². The molecule has 17 heavy (non-hydrogen) atoms. The minimum atomic E-state index is -0.0346. The summed E-state index contributed by atoms with van der Waals surface area (Å²) < 4.78 is 5.58. The molecule has 0 aromatic heterocycles. The average Bonchev–Trinajstić information content (AvgIpc) is 2.52. The molecule has 4 heteroatoms. The maximum atomic E-state index is 11.7. The lowest BCUT2D eigenvalue weighted by molar-refractivity contribution is -0.152. The summed E-state index contributed by atoms with van der Waals surface area (Å²) in [6.45, 7) is 0.776. The molecule has 2 bridgehead atoms. The molecule has 2 rings (SSSR count). The Hall–Kier alpha value is -0.610. The molecular formula is C13H24N2O2. The lowest BCUT2D eigenvalue weighted by Crippen LogP contribution is -2.43. The van der Waals surface area contributed by atoms with Crippen molar-refractivity contribution in [3.63, 3.8) is 0 Å². The number of carbonyl (C=O) groups is 1. The molecule has 0 spiro atoms. The minimum absolute atomic E-state index is 0.0346. The number of ether oxygens (including phenoxy) is 1. The van der Waals surface area contributed by atoms with Gasteiger partial charge in [-0.2, -0.15) is 0 Å². The molecule has 2 aliphatic rings. The molecule has 0 aromatic rings. The van der Waals surface area contributed by atoms with E-state index in [0.717, 1.165) is 19.4 Å². The standard InChI is InChI=1S/C13H24N2O2/c1-14(2)7-6-13(16)17-12-8-10-4-5-11(9-12)15(10)3/h10-12H,4-9H2,1-3H3. The Morgan fingerprint density at radius 1 is 1.29 bits per heavy atom. The summed E-state index contributed by atoms with van der Waals surface area (Å²) >= 11 is 0. The van der Waals surface area contributed by atoms with Gasteiger partial charge < -0.3 is 14.5 Å². The van der Waals surface area contributed by atoms with Crippen LogP contribution in [-0.4, -0.2) is 61.6 Å². The normalized spacial score (nSPS) is 33.1. The van der Waals surface area contributed by atoms with E-state index < -0.39 is 0 Å². The largest absolute Gasteiger partial charge is 0.462 e. The monoisotopic (exact) mass is 240 g/mol. The molecule has 2 unspecified atom stereocenters. The van der Waals surface area contributed by atoms with Crippen LogP contribution in [0.5, 0.6) is 0 Å². The highest BCUT2D eigenvalue weighted by Gasteiger charge is 2.39. The van der Waals surface area contributed by atoms with E-state index in [-0.39, 0.29) is 12.1 Å². The third kappa shape index (κ3) is 3.19. The molecule has 0 N–H and O–H groups in total. The van der Waals surface area contributed by atoms with Gasteiger partial charge in [0.15, 0.2) is 0 Å². The number of rotatable bonds is 4. The van der Waals surface area contributed by atoms with Crippen molar-refractivity contribution in [2.24, 2.45) is 0 Å². The van der Waals surface area contributed by atoms with Crippen LogP contribution in [0.15, 0.2) is 0 Å². The fourth-order valence-electron chi connectivity index (χ4n) is 3.02. The second-order valence-electron chi connectivity index (χ2n) is 5.69. The molecule has 0 radical (unpaired) electrons. The van der Waals surface area contributed by atoms with Gasteiger partial charge in [0.1, 0.15) is 6.10 Å². The second kappa shape index (κ2) is 5.36. The van der Waals surface area contributed by atoms with Gasteiger partial charge >= 0.3 is 5.97 Å². The lowest BCUT2D eigenvalue weighted by atomic mass is 10.0. The first-order valence-corrected chi connectivity index (χ1v) is 6.62. The van der Waals surface area contributed by atoms with Crippen LogP contribution >= 0.6 is 0 Å². The van der Waals surface area contributed by atoms with Crippen molar-refractivity contribution in [1.29, 1.82) is 0 Å². The van der Waals surface area contributed by atoms with E-state index in [1.165, 1.54) is 12.8 Å². The molecule has 0 aliphatic carbocycles. The van der Waals surface area contributed by atoms with Crippen LogP contribution < -0.4 is 0 Å². The number of fused-ring (bicyclic) bond motifs is 2. The topological polar surface area (TPSA) is 32.8 Å². The number of nitrogens with zero attached hydrogens (tertiary/aromatic N) is 2. The van der Waals surface area contributed by atoms with E-state index in [2.05, 4.69) is 11.9 Å². The molecule has 4 nitrogen and oxygen atoms in total. The van der Waals surface area contributed by atoms with Crippen LogP contribution in [0.1, 0.15) is 32.1 Å². The first-order chi connectivity index (χ1) is 8.06. The zero-order valence-electron chi connectivity index (χ0n) is 11.2. The van der Waals surface area contributed by atoms with Crippen LogP contribution in [0.25, 0.3) is 0 Å². The van der Waals surface area contributed by atoms with E-state index in [0.29, 0.717) is 18.5 Å². The predicted octanol–water partition coefficient (Wildman–Crippen LogP) is 1.11. The zero-order valence-corrected chi connectivity index (χ0v) is 11.2. The number of piperidine rings is 1. The highest BCUT2D eigenvalue weighted by molar-refractivity contribution is 5.69. The molecule has 2 aliphatic heterocycles. The van der Waals surface area contributed by atoms with Crippen molar-refractivity contribution >= 4 is 5.97 Å². The highest BCUT2D eigenvalue weighted by atomic mass is 16.5. The molecule has 2 saturated heterocycles. The van der Waals surface area contributed by atoms with Gasteiger partial charge in [0.2, 0.25) is 0 Å². The number of carbonyl (C=O) groups excluding carboxylic acids is 1. The van der Waals surface area contributed by atoms with Crippen LogP contribution in [0.3, 0.4) is 0 Å². The molecule has 98 valence electrons. The fraction of sp³-hybridized carbons (Fsp3) is 0.923. The Kier molecular flexibility index (Phi) is 4.05. The Morgan fingerprint density at radius 3 is 2.41 bits per heavy atom. The minimum Gasteiger partial charge on any atom is -0.462 e. The average molecular weight is 240 g/mol. The Morgan fingerprint density at radius 2 is 1.88 bits per heavy atom. The van der Waals surface area contributed by atoms with E-state index in [1.807, 2.05) is 19.0 Å². The molecule has 0 saturated carbocycles. The van der Waals surface area contributed by atoms with E-state index in [1.54, 1.807) is 0 Å². The molecule has 2 fully saturated rings. The predicted molar refractivity (Wildman–Crippen MR) is 66.9 cm³/mol. The summed E-state index contributed by atoms with van der Waals surface area (Å²) in [4.78, 5) is 16.1. The third-order valence-corrected chi connectivity index (χ3v) is 4.12. The summed E-state index contributed by atoms with van der Waals surface area (Å²) in [5.41, 5.74) is 0. The van der Waals surface area contributed by atoms with Crippen molar-refractivity contribution < 1.29 is 9.53 Å². The Balaban J connectivity index is 1.75. The van der Waals surface area contributed by atoms with E-state index in [9.17, 15) is 4.79 Å². The number of hydrogen-bond donors (Lipinski definition) is 0. The summed E-state index contributed by atoms with van der Waals surface area (Å²) in [7, 11) is 6.15.